The summed E-state index contributed by atoms with van der Waals surface area (Å²) in [6.07, 6.45) is -1.43. The fraction of sp³-hybridized carbons (Fsp3) is 0.357. The van der Waals surface area contributed by atoms with Gasteiger partial charge in [0.1, 0.15) is 0 Å². The molecule has 1 fully saturated rings. The van der Waals surface area contributed by atoms with Crippen LogP contribution in [0.3, 0.4) is 0 Å². The number of carboxylic acids is 1. The van der Waals surface area contributed by atoms with Crippen molar-refractivity contribution in [1.29, 1.82) is 0 Å². The summed E-state index contributed by atoms with van der Waals surface area (Å²) in [5, 5.41) is 12.3. The molecule has 1 amide bonds. The Bertz CT molecular complexity index is 1260. The standard InChI is InChI=1S/C28H28F3NO3S/c1-16-24(25(17(2)36-16)26(33)32-23-12-10-20(11-13-23)27(34)35)14-18-6-8-19(9-7-18)21-4-3-5-22(15-21)28(29,30)31/h3-9,15,20,23H,10-14H2,1-2H3,(H,32,33)(H,34,35). The highest BCUT2D eigenvalue weighted by Crippen LogP contribution is 2.34. The van der Waals surface area contributed by atoms with Crippen molar-refractivity contribution >= 4 is 23.2 Å². The molecule has 8 heteroatoms. The van der Waals surface area contributed by atoms with Gasteiger partial charge < -0.3 is 10.4 Å². The van der Waals surface area contributed by atoms with Crippen molar-refractivity contribution in [2.24, 2.45) is 5.92 Å². The van der Waals surface area contributed by atoms with Gasteiger partial charge in [0.25, 0.3) is 5.91 Å². The van der Waals surface area contributed by atoms with Gasteiger partial charge in [-0.05, 0) is 80.3 Å². The third-order valence-electron chi connectivity index (χ3n) is 6.88. The van der Waals surface area contributed by atoms with E-state index in [9.17, 15) is 27.9 Å². The van der Waals surface area contributed by atoms with Crippen molar-refractivity contribution in [2.75, 3.05) is 0 Å². The fourth-order valence-corrected chi connectivity index (χ4v) is 5.95. The molecule has 4 rings (SSSR count). The fourth-order valence-electron chi connectivity index (χ4n) is 4.88. The average Bonchev–Trinajstić information content (AvgIpc) is 3.12. The minimum absolute atomic E-state index is 0.0349. The minimum atomic E-state index is -4.39. The van der Waals surface area contributed by atoms with Crippen molar-refractivity contribution in [3.05, 3.63) is 80.5 Å². The lowest BCUT2D eigenvalue weighted by atomic mass is 9.86. The van der Waals surface area contributed by atoms with E-state index in [0.717, 1.165) is 33.0 Å². The van der Waals surface area contributed by atoms with E-state index in [-0.39, 0.29) is 17.9 Å². The van der Waals surface area contributed by atoms with Gasteiger partial charge in [0.15, 0.2) is 0 Å². The first-order chi connectivity index (χ1) is 17.0. The summed E-state index contributed by atoms with van der Waals surface area (Å²) in [4.78, 5) is 26.4. The van der Waals surface area contributed by atoms with Crippen LogP contribution in [-0.2, 0) is 17.4 Å². The molecule has 0 saturated heterocycles. The number of aryl methyl sites for hydroxylation is 2. The lowest BCUT2D eigenvalue weighted by Crippen LogP contribution is -2.39. The molecule has 0 unspecified atom stereocenters. The van der Waals surface area contributed by atoms with Crippen molar-refractivity contribution < 1.29 is 27.9 Å². The van der Waals surface area contributed by atoms with Gasteiger partial charge in [-0.25, -0.2) is 0 Å². The zero-order chi connectivity index (χ0) is 26.0. The number of hydrogen-bond donors (Lipinski definition) is 2. The zero-order valence-electron chi connectivity index (χ0n) is 20.1. The molecule has 1 aliphatic rings. The molecule has 1 aliphatic carbocycles. The Morgan fingerprint density at radius 2 is 1.64 bits per heavy atom. The Balaban J connectivity index is 1.49. The first kappa shape index (κ1) is 25.9. The van der Waals surface area contributed by atoms with E-state index >= 15 is 0 Å². The second kappa shape index (κ2) is 10.5. The van der Waals surface area contributed by atoms with Crippen LogP contribution in [0.5, 0.6) is 0 Å². The number of benzene rings is 2. The summed E-state index contributed by atoms with van der Waals surface area (Å²) in [6.45, 7) is 3.91. The second-order valence-electron chi connectivity index (χ2n) is 9.38. The van der Waals surface area contributed by atoms with Crippen LogP contribution in [0.2, 0.25) is 0 Å². The molecule has 36 heavy (non-hydrogen) atoms. The van der Waals surface area contributed by atoms with E-state index in [1.165, 1.54) is 6.07 Å². The van der Waals surface area contributed by atoms with Crippen molar-refractivity contribution in [3.63, 3.8) is 0 Å². The van der Waals surface area contributed by atoms with Crippen molar-refractivity contribution in [1.82, 2.24) is 5.32 Å². The lowest BCUT2D eigenvalue weighted by molar-refractivity contribution is -0.143. The molecule has 3 aromatic rings. The number of carboxylic acid groups (broad SMARTS) is 1. The van der Waals surface area contributed by atoms with Crippen molar-refractivity contribution in [2.45, 2.75) is 58.2 Å². The summed E-state index contributed by atoms with van der Waals surface area (Å²) in [5.74, 6) is -1.24. The van der Waals surface area contributed by atoms with Gasteiger partial charge in [0.2, 0.25) is 0 Å². The monoisotopic (exact) mass is 515 g/mol. The highest BCUT2D eigenvalue weighted by molar-refractivity contribution is 7.12. The van der Waals surface area contributed by atoms with E-state index in [1.807, 2.05) is 26.0 Å². The summed E-state index contributed by atoms with van der Waals surface area (Å²) < 4.78 is 39.2. The molecule has 0 atom stereocenters. The molecular weight excluding hydrogens is 487 g/mol. The van der Waals surface area contributed by atoms with Gasteiger partial charge in [-0.15, -0.1) is 11.3 Å². The van der Waals surface area contributed by atoms with E-state index in [1.54, 1.807) is 29.5 Å². The molecule has 190 valence electrons. The quantitative estimate of drug-likeness (QED) is 0.371. The molecule has 0 bridgehead atoms. The zero-order valence-corrected chi connectivity index (χ0v) is 20.9. The number of amides is 1. The highest BCUT2D eigenvalue weighted by Gasteiger charge is 2.31. The molecule has 0 aliphatic heterocycles. The van der Waals surface area contributed by atoms with Crippen LogP contribution in [0.4, 0.5) is 13.2 Å². The van der Waals surface area contributed by atoms with E-state index < -0.39 is 17.7 Å². The Morgan fingerprint density at radius 3 is 2.25 bits per heavy atom. The number of alkyl halides is 3. The van der Waals surface area contributed by atoms with Crippen LogP contribution in [0.15, 0.2) is 48.5 Å². The summed E-state index contributed by atoms with van der Waals surface area (Å²) >= 11 is 1.57. The number of aliphatic carboxylic acids is 1. The Hall–Kier alpha value is -3.13. The molecule has 1 heterocycles. The van der Waals surface area contributed by atoms with Crippen LogP contribution in [0.1, 0.15) is 62.5 Å². The molecule has 2 aromatic carbocycles. The van der Waals surface area contributed by atoms with E-state index in [4.69, 9.17) is 0 Å². The summed E-state index contributed by atoms with van der Waals surface area (Å²) in [6, 6.07) is 12.6. The van der Waals surface area contributed by atoms with Crippen LogP contribution >= 0.6 is 11.3 Å². The highest BCUT2D eigenvalue weighted by atomic mass is 32.1. The molecule has 0 spiro atoms. The smallest absolute Gasteiger partial charge is 0.416 e. The lowest BCUT2D eigenvalue weighted by Gasteiger charge is -2.27. The van der Waals surface area contributed by atoms with Gasteiger partial charge in [-0.3, -0.25) is 9.59 Å². The van der Waals surface area contributed by atoms with Gasteiger partial charge in [0.05, 0.1) is 17.0 Å². The minimum Gasteiger partial charge on any atom is -0.481 e. The summed E-state index contributed by atoms with van der Waals surface area (Å²) in [5.41, 5.74) is 3.08. The van der Waals surface area contributed by atoms with Gasteiger partial charge >= 0.3 is 12.1 Å². The maximum atomic E-state index is 13.2. The average molecular weight is 516 g/mol. The number of nitrogens with one attached hydrogen (secondary N) is 1. The largest absolute Gasteiger partial charge is 0.481 e. The normalized spacial score (nSPS) is 18.1. The first-order valence-corrected chi connectivity index (χ1v) is 12.7. The maximum absolute atomic E-state index is 13.2. The van der Waals surface area contributed by atoms with Gasteiger partial charge in [0, 0.05) is 15.8 Å². The number of hydrogen-bond acceptors (Lipinski definition) is 3. The predicted molar refractivity (Wildman–Crippen MR) is 134 cm³/mol. The molecule has 0 radical (unpaired) electrons. The number of carbonyl (C=O) groups excluding carboxylic acids is 1. The van der Waals surface area contributed by atoms with E-state index in [2.05, 4.69) is 5.32 Å². The molecule has 1 aromatic heterocycles. The topological polar surface area (TPSA) is 66.4 Å². The number of halogens is 3. The molecule has 1 saturated carbocycles. The number of carbonyl (C=O) groups is 2. The Labute approximate surface area is 212 Å². The van der Waals surface area contributed by atoms with Crippen molar-refractivity contribution in [3.8, 4) is 11.1 Å². The predicted octanol–water partition coefficient (Wildman–Crippen LogP) is 7.01. The van der Waals surface area contributed by atoms with E-state index in [0.29, 0.717) is 48.8 Å². The van der Waals surface area contributed by atoms with Gasteiger partial charge in [-0.1, -0.05) is 36.4 Å². The SMILES string of the molecule is Cc1sc(C)c(C(=O)NC2CCC(C(=O)O)CC2)c1Cc1ccc(-c2cccc(C(F)(F)F)c2)cc1. The van der Waals surface area contributed by atoms with Crippen LogP contribution < -0.4 is 5.32 Å². The van der Waals surface area contributed by atoms with Gasteiger partial charge in [-0.2, -0.15) is 13.2 Å². The number of rotatable bonds is 6. The van der Waals surface area contributed by atoms with Crippen LogP contribution in [0.25, 0.3) is 11.1 Å². The maximum Gasteiger partial charge on any atom is 0.416 e. The first-order valence-electron chi connectivity index (χ1n) is 11.9. The Morgan fingerprint density at radius 1 is 0.972 bits per heavy atom. The Kier molecular flexibility index (Phi) is 7.54. The second-order valence-corrected chi connectivity index (χ2v) is 10.8. The third-order valence-corrected chi connectivity index (χ3v) is 7.94. The molecule has 4 nitrogen and oxygen atoms in total. The summed E-state index contributed by atoms with van der Waals surface area (Å²) in [7, 11) is 0. The third kappa shape index (κ3) is 5.81. The number of thiophene rings is 1. The van der Waals surface area contributed by atoms with Crippen LogP contribution in [-0.4, -0.2) is 23.0 Å². The van der Waals surface area contributed by atoms with Crippen LogP contribution in [0, 0.1) is 19.8 Å². The molecular formula is C28H28F3NO3S. The molecule has 2 N–H and O–H groups in total.